The van der Waals surface area contributed by atoms with E-state index in [4.69, 9.17) is 11.6 Å². The van der Waals surface area contributed by atoms with Crippen LogP contribution in [0.4, 0.5) is 18.9 Å². The van der Waals surface area contributed by atoms with Crippen molar-refractivity contribution >= 4 is 28.9 Å². The number of Topliss-reactive ketones (excluding diaryl/α,β-unsaturated/α-hetero) is 1. The zero-order chi connectivity index (χ0) is 21.9. The van der Waals surface area contributed by atoms with Crippen LogP contribution in [0.25, 0.3) is 0 Å². The molecule has 0 spiro atoms. The lowest BCUT2D eigenvalue weighted by molar-refractivity contribution is -0.171. The normalized spacial score (nSPS) is 15.5. The van der Waals surface area contributed by atoms with Crippen LogP contribution in [0.2, 0.25) is 5.15 Å². The number of aliphatic imine (C=N–C) groups is 1. The zero-order valence-electron chi connectivity index (χ0n) is 16.3. The molecule has 0 radical (unpaired) electrons. The number of carbonyl (C=O) groups is 1. The Labute approximate surface area is 176 Å². The van der Waals surface area contributed by atoms with E-state index in [9.17, 15) is 18.0 Å². The van der Waals surface area contributed by atoms with Gasteiger partial charge in [0.25, 0.3) is 5.78 Å². The molecule has 0 saturated heterocycles. The lowest BCUT2D eigenvalue weighted by Crippen LogP contribution is -2.44. The molecule has 1 atom stereocenters. The minimum Gasteiger partial charge on any atom is -0.352 e. The standard InChI is InChI=1S/C20H19ClF3N5O/c1-12-4-3-5-13(2)16(12)27-28-17(18(30)20(22,23)24)19-25-8-9-29(19)11-14-6-7-15(21)26-10-14/h3-7,10,17H,8-9,11H2,1-2H3. The molecule has 0 amide bonds. The minimum atomic E-state index is -5.07. The highest BCUT2D eigenvalue weighted by Crippen LogP contribution is 2.27. The summed E-state index contributed by atoms with van der Waals surface area (Å²) in [6.45, 7) is 4.39. The molecule has 30 heavy (non-hydrogen) atoms. The second kappa shape index (κ2) is 8.91. The maximum atomic E-state index is 13.3. The molecule has 1 unspecified atom stereocenters. The number of aromatic nitrogens is 1. The third-order valence-electron chi connectivity index (χ3n) is 4.61. The largest absolute Gasteiger partial charge is 0.452 e. The summed E-state index contributed by atoms with van der Waals surface area (Å²) in [4.78, 5) is 21.9. The number of ketones is 1. The van der Waals surface area contributed by atoms with E-state index in [1.807, 2.05) is 6.07 Å². The van der Waals surface area contributed by atoms with E-state index in [-0.39, 0.29) is 18.9 Å². The van der Waals surface area contributed by atoms with Crippen LogP contribution < -0.4 is 0 Å². The van der Waals surface area contributed by atoms with Gasteiger partial charge in [-0.3, -0.25) is 9.79 Å². The Morgan fingerprint density at radius 2 is 1.93 bits per heavy atom. The first kappa shape index (κ1) is 21.9. The van der Waals surface area contributed by atoms with E-state index < -0.39 is 18.0 Å². The Bertz CT molecular complexity index is 969. The van der Waals surface area contributed by atoms with E-state index in [2.05, 4.69) is 20.2 Å². The van der Waals surface area contributed by atoms with Crippen molar-refractivity contribution in [3.05, 3.63) is 58.4 Å². The molecule has 1 aliphatic rings. The SMILES string of the molecule is Cc1cccc(C)c1N=NC(C(=O)C(F)(F)F)C1=NCCN1Cc1ccc(Cl)nc1. The van der Waals surface area contributed by atoms with Crippen molar-refractivity contribution in [2.75, 3.05) is 13.1 Å². The third kappa shape index (κ3) is 5.02. The van der Waals surface area contributed by atoms with Crippen molar-refractivity contribution in [3.8, 4) is 0 Å². The van der Waals surface area contributed by atoms with Crippen LogP contribution >= 0.6 is 11.6 Å². The fourth-order valence-electron chi connectivity index (χ4n) is 3.09. The summed E-state index contributed by atoms with van der Waals surface area (Å²) in [5.41, 5.74) is 2.65. The van der Waals surface area contributed by atoms with E-state index in [1.54, 1.807) is 43.0 Å². The highest BCUT2D eigenvalue weighted by Gasteiger charge is 2.47. The van der Waals surface area contributed by atoms with Crippen molar-refractivity contribution in [2.24, 2.45) is 15.2 Å². The molecule has 1 aromatic carbocycles. The van der Waals surface area contributed by atoms with Crippen LogP contribution in [0.15, 0.2) is 51.7 Å². The number of azo groups is 1. The molecule has 2 heterocycles. The maximum Gasteiger partial charge on any atom is 0.452 e. The molecule has 1 aromatic heterocycles. The number of hydrogen-bond acceptors (Lipinski definition) is 6. The third-order valence-corrected chi connectivity index (χ3v) is 4.84. The van der Waals surface area contributed by atoms with Gasteiger partial charge in [-0.2, -0.15) is 23.4 Å². The minimum absolute atomic E-state index is 0.0535. The molecule has 0 N–H and O–H groups in total. The van der Waals surface area contributed by atoms with Gasteiger partial charge in [0, 0.05) is 19.3 Å². The molecule has 0 aliphatic carbocycles. The quantitative estimate of drug-likeness (QED) is 0.479. The lowest BCUT2D eigenvalue weighted by Gasteiger charge is -2.24. The second-order valence-electron chi connectivity index (χ2n) is 6.87. The van der Waals surface area contributed by atoms with E-state index in [0.717, 1.165) is 16.7 Å². The molecule has 2 aromatic rings. The van der Waals surface area contributed by atoms with Crippen molar-refractivity contribution in [1.29, 1.82) is 0 Å². The van der Waals surface area contributed by atoms with Crippen molar-refractivity contribution < 1.29 is 18.0 Å². The molecule has 0 bridgehead atoms. The number of benzene rings is 1. The monoisotopic (exact) mass is 437 g/mol. The van der Waals surface area contributed by atoms with E-state index in [1.165, 1.54) is 6.20 Å². The summed E-state index contributed by atoms with van der Waals surface area (Å²) in [5, 5.41) is 8.13. The Morgan fingerprint density at radius 3 is 2.53 bits per heavy atom. The van der Waals surface area contributed by atoms with Gasteiger partial charge in [0.2, 0.25) is 0 Å². The first-order valence-corrected chi connectivity index (χ1v) is 9.52. The van der Waals surface area contributed by atoms with Crippen LogP contribution in [-0.4, -0.2) is 46.8 Å². The average Bonchev–Trinajstić information content (AvgIpc) is 3.13. The highest BCUT2D eigenvalue weighted by molar-refractivity contribution is 6.29. The van der Waals surface area contributed by atoms with Crippen LogP contribution in [0.3, 0.4) is 0 Å². The number of carbonyl (C=O) groups excluding carboxylic acids is 1. The summed E-state index contributed by atoms with van der Waals surface area (Å²) in [6, 6.07) is 6.79. The summed E-state index contributed by atoms with van der Waals surface area (Å²) in [5.74, 6) is -2.06. The summed E-state index contributed by atoms with van der Waals surface area (Å²) < 4.78 is 39.9. The first-order valence-electron chi connectivity index (χ1n) is 9.14. The molecule has 10 heteroatoms. The number of halogens is 4. The van der Waals surface area contributed by atoms with Crippen molar-refractivity contribution in [1.82, 2.24) is 9.88 Å². The van der Waals surface area contributed by atoms with Gasteiger partial charge in [-0.15, -0.1) is 0 Å². The van der Waals surface area contributed by atoms with E-state index >= 15 is 0 Å². The molecule has 0 fully saturated rings. The number of nitrogens with zero attached hydrogens (tertiary/aromatic N) is 5. The molecule has 6 nitrogen and oxygen atoms in total. The van der Waals surface area contributed by atoms with Gasteiger partial charge in [0.1, 0.15) is 11.0 Å². The maximum absolute atomic E-state index is 13.3. The fourth-order valence-corrected chi connectivity index (χ4v) is 3.21. The predicted molar refractivity (Wildman–Crippen MR) is 107 cm³/mol. The number of amidine groups is 1. The second-order valence-corrected chi connectivity index (χ2v) is 7.26. The number of alkyl halides is 3. The Hall–Kier alpha value is -2.81. The van der Waals surface area contributed by atoms with Crippen molar-refractivity contribution in [3.63, 3.8) is 0 Å². The van der Waals surface area contributed by atoms with Gasteiger partial charge in [-0.1, -0.05) is 35.9 Å². The molecule has 158 valence electrons. The van der Waals surface area contributed by atoms with Gasteiger partial charge in [-0.25, -0.2) is 4.98 Å². The molecular formula is C20H19ClF3N5O. The molecular weight excluding hydrogens is 419 g/mol. The van der Waals surface area contributed by atoms with Crippen LogP contribution in [0, 0.1) is 13.8 Å². The average molecular weight is 438 g/mol. The Kier molecular flexibility index (Phi) is 6.50. The molecule has 3 rings (SSSR count). The molecule has 1 aliphatic heterocycles. The number of pyridine rings is 1. The fraction of sp³-hybridized carbons (Fsp3) is 0.350. The predicted octanol–water partition coefficient (Wildman–Crippen LogP) is 4.85. The summed E-state index contributed by atoms with van der Waals surface area (Å²) >= 11 is 5.78. The van der Waals surface area contributed by atoms with Crippen molar-refractivity contribution in [2.45, 2.75) is 32.6 Å². The Balaban J connectivity index is 1.92. The topological polar surface area (TPSA) is 70.3 Å². The summed E-state index contributed by atoms with van der Waals surface area (Å²) in [7, 11) is 0. The number of aryl methyl sites for hydroxylation is 2. The van der Waals surface area contributed by atoms with Gasteiger partial charge < -0.3 is 4.90 Å². The van der Waals surface area contributed by atoms with Crippen LogP contribution in [-0.2, 0) is 11.3 Å². The van der Waals surface area contributed by atoms with Crippen LogP contribution in [0.1, 0.15) is 16.7 Å². The first-order chi connectivity index (χ1) is 14.2. The smallest absolute Gasteiger partial charge is 0.352 e. The van der Waals surface area contributed by atoms with E-state index in [0.29, 0.717) is 17.4 Å². The lowest BCUT2D eigenvalue weighted by atomic mass is 10.1. The molecule has 0 saturated carbocycles. The van der Waals surface area contributed by atoms with Gasteiger partial charge in [0.05, 0.1) is 12.2 Å². The van der Waals surface area contributed by atoms with Gasteiger partial charge in [-0.05, 0) is 36.6 Å². The Morgan fingerprint density at radius 1 is 1.23 bits per heavy atom. The van der Waals surface area contributed by atoms with Gasteiger partial charge >= 0.3 is 6.18 Å². The number of hydrogen-bond donors (Lipinski definition) is 0. The summed E-state index contributed by atoms with van der Waals surface area (Å²) in [6.07, 6.45) is -3.54. The van der Waals surface area contributed by atoms with Crippen LogP contribution in [0.5, 0.6) is 0 Å². The number of rotatable bonds is 6. The van der Waals surface area contributed by atoms with Gasteiger partial charge in [0.15, 0.2) is 6.04 Å². The highest BCUT2D eigenvalue weighted by atomic mass is 35.5. The zero-order valence-corrected chi connectivity index (χ0v) is 17.1.